The molecular weight excluding hydrogens is 763 g/mol. The smallest absolute Gasteiger partial charge is 0.262 e. The van der Waals surface area contributed by atoms with Crippen LogP contribution in [0.2, 0.25) is 10.0 Å². The van der Waals surface area contributed by atoms with Crippen molar-refractivity contribution in [3.8, 4) is 5.75 Å². The molecular formula is C40H46Cl2N6O6S. The number of carbonyl (C=O) groups is 2. The van der Waals surface area contributed by atoms with Gasteiger partial charge in [-0.05, 0) is 93.6 Å². The summed E-state index contributed by atoms with van der Waals surface area (Å²) in [5.41, 5.74) is 1.83. The highest BCUT2D eigenvalue weighted by Crippen LogP contribution is 2.46. The Morgan fingerprint density at radius 1 is 0.836 bits per heavy atom. The Bertz CT molecular complexity index is 2090. The van der Waals surface area contributed by atoms with E-state index >= 15 is 4.79 Å². The number of carbonyl (C=O) groups excluding carboxylic acids is 2. The van der Waals surface area contributed by atoms with Crippen LogP contribution in [0.15, 0.2) is 70.1 Å². The summed E-state index contributed by atoms with van der Waals surface area (Å²) in [6.07, 6.45) is 2.54. The number of piperazine rings is 1. The van der Waals surface area contributed by atoms with Crippen LogP contribution in [0.1, 0.15) is 82.3 Å². The minimum Gasteiger partial charge on any atom is -0.493 e. The SMILES string of the molecule is CCOc1cc(C)c(S(=O)(=O)N2CCCCC2)cc1C1(C(=O)N2CCN(C(=O)c3c(C)noc3C)CC2)N[C@H](c2ccc(Cl)cc2)[C@H](c2ccc(Cl)cc2)N1. The third-order valence-electron chi connectivity index (χ3n) is 10.9. The molecule has 3 aromatic carbocycles. The fourth-order valence-corrected chi connectivity index (χ4v) is 10.0. The van der Waals surface area contributed by atoms with Gasteiger partial charge in [0, 0.05) is 54.9 Å². The highest BCUT2D eigenvalue weighted by molar-refractivity contribution is 7.89. The summed E-state index contributed by atoms with van der Waals surface area (Å²) in [5, 5.41) is 12.5. The maximum atomic E-state index is 15.5. The molecule has 0 bridgehead atoms. The quantitative estimate of drug-likeness (QED) is 0.200. The number of benzene rings is 3. The Balaban J connectivity index is 1.36. The fraction of sp³-hybridized carbons (Fsp3) is 0.425. The topological polar surface area (TPSA) is 137 Å². The molecule has 3 saturated heterocycles. The number of halogens is 2. The Kier molecular flexibility index (Phi) is 11.3. The van der Waals surface area contributed by atoms with Gasteiger partial charge in [0.2, 0.25) is 10.0 Å². The van der Waals surface area contributed by atoms with Crippen LogP contribution in [-0.2, 0) is 20.5 Å². The summed E-state index contributed by atoms with van der Waals surface area (Å²) in [5.74, 6) is 0.285. The van der Waals surface area contributed by atoms with E-state index in [-0.39, 0.29) is 49.5 Å². The van der Waals surface area contributed by atoms with Crippen LogP contribution >= 0.6 is 23.2 Å². The number of hydrogen-bond acceptors (Lipinski definition) is 9. The standard InChI is InChI=1S/C40H46Cl2N6O6S/c1-5-53-33-23-25(2)34(55(51,52)48-17-7-6-8-18-48)24-32(33)40(39(50)47-21-19-46(20-22-47)38(49)35-26(3)45-54-27(35)4)43-36(28-9-13-30(41)14-10-28)37(44-40)29-11-15-31(42)16-12-29/h9-16,23-24,36-37,43-44H,5-8,17-22H2,1-4H3/t36-,37+,40?. The number of amides is 2. The van der Waals surface area contributed by atoms with Crippen molar-refractivity contribution in [1.82, 2.24) is 29.9 Å². The number of nitrogens with one attached hydrogen (secondary N) is 2. The second-order valence-corrected chi connectivity index (χ2v) is 17.2. The van der Waals surface area contributed by atoms with E-state index in [1.807, 2.05) is 31.2 Å². The molecule has 4 heterocycles. The summed E-state index contributed by atoms with van der Waals surface area (Å²) in [7, 11) is -3.93. The average Bonchev–Trinajstić information content (AvgIpc) is 3.75. The number of sulfonamides is 1. The van der Waals surface area contributed by atoms with Gasteiger partial charge < -0.3 is 19.1 Å². The third kappa shape index (κ3) is 7.50. The van der Waals surface area contributed by atoms with Crippen LogP contribution < -0.4 is 15.4 Å². The van der Waals surface area contributed by atoms with E-state index in [0.717, 1.165) is 30.4 Å². The molecule has 3 aliphatic heterocycles. The van der Waals surface area contributed by atoms with E-state index in [1.165, 1.54) is 4.31 Å². The number of rotatable bonds is 9. The molecule has 15 heteroatoms. The van der Waals surface area contributed by atoms with Crippen molar-refractivity contribution >= 4 is 45.0 Å². The Hall–Kier alpha value is -3.98. The molecule has 7 rings (SSSR count). The third-order valence-corrected chi connectivity index (χ3v) is 13.4. The number of aryl methyl sites for hydroxylation is 3. The van der Waals surface area contributed by atoms with E-state index < -0.39 is 27.8 Å². The van der Waals surface area contributed by atoms with Crippen molar-refractivity contribution in [1.29, 1.82) is 0 Å². The Morgan fingerprint density at radius 2 is 1.38 bits per heavy atom. The normalized spacial score (nSPS) is 22.2. The number of nitrogens with zero attached hydrogens (tertiary/aromatic N) is 4. The van der Waals surface area contributed by atoms with Gasteiger partial charge in [-0.2, -0.15) is 4.31 Å². The van der Waals surface area contributed by atoms with Crippen molar-refractivity contribution in [3.05, 3.63) is 110 Å². The van der Waals surface area contributed by atoms with Gasteiger partial charge in [0.15, 0.2) is 5.66 Å². The number of aromatic nitrogens is 1. The molecule has 292 valence electrons. The molecule has 0 spiro atoms. The summed E-state index contributed by atoms with van der Waals surface area (Å²) >= 11 is 12.7. The fourth-order valence-electron chi connectivity index (χ4n) is 8.01. The van der Waals surface area contributed by atoms with E-state index in [2.05, 4.69) is 15.8 Å². The zero-order chi connectivity index (χ0) is 39.1. The highest BCUT2D eigenvalue weighted by atomic mass is 35.5. The molecule has 2 amide bonds. The first-order valence-corrected chi connectivity index (χ1v) is 20.9. The predicted octanol–water partition coefficient (Wildman–Crippen LogP) is 6.29. The molecule has 2 N–H and O–H groups in total. The van der Waals surface area contributed by atoms with Gasteiger partial charge in [-0.1, -0.05) is 59.0 Å². The molecule has 0 radical (unpaired) electrons. The van der Waals surface area contributed by atoms with E-state index in [9.17, 15) is 13.2 Å². The minimum atomic E-state index is -3.93. The van der Waals surface area contributed by atoms with Gasteiger partial charge in [0.25, 0.3) is 11.8 Å². The summed E-state index contributed by atoms with van der Waals surface area (Å²) < 4.78 is 41.8. The van der Waals surface area contributed by atoms with Gasteiger partial charge >= 0.3 is 0 Å². The lowest BCUT2D eigenvalue weighted by molar-refractivity contribution is -0.141. The zero-order valence-corrected chi connectivity index (χ0v) is 33.7. The van der Waals surface area contributed by atoms with Crippen LogP contribution in [-0.4, -0.2) is 85.4 Å². The molecule has 1 aromatic heterocycles. The van der Waals surface area contributed by atoms with Gasteiger partial charge in [0.05, 0.1) is 29.3 Å². The van der Waals surface area contributed by atoms with Gasteiger partial charge in [-0.3, -0.25) is 20.2 Å². The first-order valence-electron chi connectivity index (χ1n) is 18.7. The molecule has 3 aliphatic rings. The maximum Gasteiger partial charge on any atom is 0.262 e. The van der Waals surface area contributed by atoms with Crippen LogP contribution in [0, 0.1) is 20.8 Å². The summed E-state index contributed by atoms with van der Waals surface area (Å²) in [4.78, 5) is 32.6. The van der Waals surface area contributed by atoms with Crippen molar-refractivity contribution < 1.29 is 27.3 Å². The monoisotopic (exact) mass is 808 g/mol. The molecule has 55 heavy (non-hydrogen) atoms. The summed E-state index contributed by atoms with van der Waals surface area (Å²) in [6, 6.07) is 17.2. The van der Waals surface area contributed by atoms with Crippen LogP contribution in [0.3, 0.4) is 0 Å². The number of hydrogen-bond donors (Lipinski definition) is 2. The highest BCUT2D eigenvalue weighted by Gasteiger charge is 2.55. The largest absolute Gasteiger partial charge is 0.493 e. The first kappa shape index (κ1) is 39.3. The molecule has 12 nitrogen and oxygen atoms in total. The van der Waals surface area contributed by atoms with Crippen LogP contribution in [0.5, 0.6) is 5.75 Å². The lowest BCUT2D eigenvalue weighted by Crippen LogP contribution is -2.62. The average molecular weight is 810 g/mol. The van der Waals surface area contributed by atoms with Gasteiger partial charge in [0.1, 0.15) is 17.1 Å². The van der Waals surface area contributed by atoms with Crippen LogP contribution in [0.25, 0.3) is 0 Å². The molecule has 3 atom stereocenters. The van der Waals surface area contributed by atoms with Gasteiger partial charge in [-0.25, -0.2) is 8.42 Å². The second kappa shape index (κ2) is 15.9. The molecule has 1 unspecified atom stereocenters. The molecule has 3 fully saturated rings. The summed E-state index contributed by atoms with van der Waals surface area (Å²) in [6.45, 7) is 9.18. The number of ether oxygens (including phenoxy) is 1. The van der Waals surface area contributed by atoms with Crippen LogP contribution in [0.4, 0.5) is 0 Å². The first-order chi connectivity index (χ1) is 26.3. The molecule has 4 aromatic rings. The Labute approximate surface area is 332 Å². The Morgan fingerprint density at radius 3 is 1.89 bits per heavy atom. The predicted molar refractivity (Wildman–Crippen MR) is 210 cm³/mol. The van der Waals surface area contributed by atoms with Crippen molar-refractivity contribution in [2.45, 2.75) is 69.6 Å². The zero-order valence-electron chi connectivity index (χ0n) is 31.4. The second-order valence-electron chi connectivity index (χ2n) is 14.4. The van der Waals surface area contributed by atoms with Crippen molar-refractivity contribution in [3.63, 3.8) is 0 Å². The molecule has 0 aliphatic carbocycles. The number of piperidine rings is 1. The van der Waals surface area contributed by atoms with Gasteiger partial charge in [-0.15, -0.1) is 0 Å². The lowest BCUT2D eigenvalue weighted by Gasteiger charge is -2.41. The minimum absolute atomic E-state index is 0.122. The molecule has 0 saturated carbocycles. The van der Waals surface area contributed by atoms with E-state index in [0.29, 0.717) is 57.0 Å². The van der Waals surface area contributed by atoms with E-state index in [4.69, 9.17) is 32.5 Å². The maximum absolute atomic E-state index is 15.5. The lowest BCUT2D eigenvalue weighted by atomic mass is 9.95. The van der Waals surface area contributed by atoms with E-state index in [1.54, 1.807) is 67.0 Å². The van der Waals surface area contributed by atoms with Crippen molar-refractivity contribution in [2.75, 3.05) is 45.9 Å². The van der Waals surface area contributed by atoms with Crippen molar-refractivity contribution in [2.24, 2.45) is 0 Å².